The van der Waals surface area contributed by atoms with Crippen molar-refractivity contribution in [3.05, 3.63) is 29.8 Å². The molecule has 0 radical (unpaired) electrons. The minimum Gasteiger partial charge on any atom is -0.382 e. The molecule has 2 heterocycles. The number of pyridine rings is 1. The molecule has 14 heavy (non-hydrogen) atoms. The van der Waals surface area contributed by atoms with Crippen molar-refractivity contribution in [3.63, 3.8) is 0 Å². The Morgan fingerprint density at radius 1 is 1.50 bits per heavy atom. The minimum atomic E-state index is 0.560. The van der Waals surface area contributed by atoms with Gasteiger partial charge in [-0.3, -0.25) is 0 Å². The van der Waals surface area contributed by atoms with Gasteiger partial charge in [0.05, 0.1) is 5.52 Å². The summed E-state index contributed by atoms with van der Waals surface area (Å²) in [4.78, 5) is 4.03. The van der Waals surface area contributed by atoms with E-state index in [0.717, 1.165) is 11.2 Å². The number of anilines is 1. The van der Waals surface area contributed by atoms with E-state index in [0.29, 0.717) is 11.2 Å². The monoisotopic (exact) mass is 207 g/mol. The second-order valence-corrected chi connectivity index (χ2v) is 4.02. The van der Waals surface area contributed by atoms with E-state index in [1.165, 1.54) is 12.8 Å². The number of nitrogens with zero attached hydrogens (tertiary/aromatic N) is 2. The second kappa shape index (κ2) is 2.89. The average molecular weight is 208 g/mol. The van der Waals surface area contributed by atoms with Gasteiger partial charge in [-0.1, -0.05) is 11.6 Å². The molecule has 4 heteroatoms. The fourth-order valence-corrected chi connectivity index (χ4v) is 1.71. The van der Waals surface area contributed by atoms with Crippen LogP contribution in [-0.4, -0.2) is 15.4 Å². The van der Waals surface area contributed by atoms with Crippen molar-refractivity contribution in [2.45, 2.75) is 18.9 Å². The van der Waals surface area contributed by atoms with Gasteiger partial charge in [-0.2, -0.15) is 0 Å². The van der Waals surface area contributed by atoms with Crippen LogP contribution in [0.1, 0.15) is 12.8 Å². The number of fused-ring (bicyclic) bond motifs is 1. The number of imidazole rings is 1. The van der Waals surface area contributed by atoms with Gasteiger partial charge in [0.25, 0.3) is 0 Å². The number of halogens is 1. The molecule has 1 saturated carbocycles. The van der Waals surface area contributed by atoms with Gasteiger partial charge >= 0.3 is 0 Å². The van der Waals surface area contributed by atoms with Gasteiger partial charge in [0, 0.05) is 17.9 Å². The quantitative estimate of drug-likeness (QED) is 0.820. The zero-order valence-corrected chi connectivity index (χ0v) is 8.33. The van der Waals surface area contributed by atoms with Crippen molar-refractivity contribution in [3.8, 4) is 0 Å². The minimum absolute atomic E-state index is 0.560. The number of aromatic nitrogens is 2. The summed E-state index contributed by atoms with van der Waals surface area (Å²) in [5.41, 5.74) is 2.08. The second-order valence-electron chi connectivity index (χ2n) is 3.66. The van der Waals surface area contributed by atoms with Crippen LogP contribution in [0.25, 0.3) is 5.52 Å². The molecule has 0 bridgehead atoms. The number of hydrogen-bond acceptors (Lipinski definition) is 2. The lowest BCUT2D eigenvalue weighted by atomic mass is 10.3. The van der Waals surface area contributed by atoms with E-state index in [1.54, 1.807) is 6.33 Å². The summed E-state index contributed by atoms with van der Waals surface area (Å²) < 4.78 is 1.92. The molecule has 3 rings (SSSR count). The molecule has 1 aliphatic rings. The van der Waals surface area contributed by atoms with Crippen molar-refractivity contribution < 1.29 is 0 Å². The number of nitrogens with one attached hydrogen (secondary N) is 1. The fourth-order valence-electron chi connectivity index (χ4n) is 1.51. The van der Waals surface area contributed by atoms with Crippen LogP contribution in [0.2, 0.25) is 5.15 Å². The molecule has 0 aromatic carbocycles. The molecule has 1 fully saturated rings. The number of hydrogen-bond donors (Lipinski definition) is 1. The Hall–Kier alpha value is -1.22. The van der Waals surface area contributed by atoms with Crippen LogP contribution in [-0.2, 0) is 0 Å². The van der Waals surface area contributed by atoms with E-state index >= 15 is 0 Å². The van der Waals surface area contributed by atoms with Crippen LogP contribution >= 0.6 is 11.6 Å². The van der Waals surface area contributed by atoms with Crippen molar-refractivity contribution in [2.75, 3.05) is 5.32 Å². The summed E-state index contributed by atoms with van der Waals surface area (Å²) >= 11 is 5.94. The Balaban J connectivity index is 2.03. The normalized spacial score (nSPS) is 16.1. The summed E-state index contributed by atoms with van der Waals surface area (Å²) in [5.74, 6) is 0. The predicted octanol–water partition coefficient (Wildman–Crippen LogP) is 2.56. The van der Waals surface area contributed by atoms with Crippen LogP contribution in [0.15, 0.2) is 24.7 Å². The molecular weight excluding hydrogens is 198 g/mol. The molecular formula is C10H10ClN3. The highest BCUT2D eigenvalue weighted by atomic mass is 35.5. The topological polar surface area (TPSA) is 29.3 Å². The molecule has 0 spiro atoms. The van der Waals surface area contributed by atoms with Gasteiger partial charge in [-0.05, 0) is 25.0 Å². The highest BCUT2D eigenvalue weighted by Crippen LogP contribution is 2.26. The zero-order chi connectivity index (χ0) is 9.54. The van der Waals surface area contributed by atoms with Crippen molar-refractivity contribution in [1.82, 2.24) is 9.38 Å². The van der Waals surface area contributed by atoms with Crippen LogP contribution < -0.4 is 5.32 Å². The van der Waals surface area contributed by atoms with Crippen molar-refractivity contribution in [2.24, 2.45) is 0 Å². The molecule has 0 amide bonds. The highest BCUT2D eigenvalue weighted by molar-refractivity contribution is 6.32. The fraction of sp³-hybridized carbons (Fsp3) is 0.300. The Morgan fingerprint density at radius 3 is 3.14 bits per heavy atom. The standard InChI is InChI=1S/C10H10ClN3/c11-10-9-5-8(13-7-1-2-7)3-4-14(9)6-12-10/h3-7,13H,1-2H2. The Bertz CT molecular complexity index is 473. The zero-order valence-electron chi connectivity index (χ0n) is 7.57. The lowest BCUT2D eigenvalue weighted by Crippen LogP contribution is -2.00. The van der Waals surface area contributed by atoms with E-state index in [4.69, 9.17) is 11.6 Å². The first-order chi connectivity index (χ1) is 6.83. The predicted molar refractivity (Wildman–Crippen MR) is 56.8 cm³/mol. The maximum Gasteiger partial charge on any atom is 0.154 e. The largest absolute Gasteiger partial charge is 0.382 e. The third-order valence-electron chi connectivity index (χ3n) is 2.44. The maximum atomic E-state index is 5.94. The maximum absolute atomic E-state index is 5.94. The van der Waals surface area contributed by atoms with Crippen molar-refractivity contribution in [1.29, 1.82) is 0 Å². The van der Waals surface area contributed by atoms with Crippen molar-refractivity contribution >= 4 is 22.8 Å². The van der Waals surface area contributed by atoms with E-state index in [2.05, 4.69) is 10.3 Å². The number of rotatable bonds is 2. The van der Waals surface area contributed by atoms with E-state index < -0.39 is 0 Å². The highest BCUT2D eigenvalue weighted by Gasteiger charge is 2.20. The summed E-state index contributed by atoms with van der Waals surface area (Å²) in [7, 11) is 0. The summed E-state index contributed by atoms with van der Waals surface area (Å²) in [6, 6.07) is 4.75. The molecule has 0 atom stereocenters. The summed E-state index contributed by atoms with van der Waals surface area (Å²) in [5, 5.41) is 3.98. The van der Waals surface area contributed by atoms with Crippen LogP contribution in [0, 0.1) is 0 Å². The molecule has 0 saturated heterocycles. The lowest BCUT2D eigenvalue weighted by Gasteiger charge is -2.04. The molecule has 1 aliphatic carbocycles. The Morgan fingerprint density at radius 2 is 2.36 bits per heavy atom. The first-order valence-corrected chi connectivity index (χ1v) is 5.09. The van der Waals surface area contributed by atoms with Crippen LogP contribution in [0.3, 0.4) is 0 Å². The van der Waals surface area contributed by atoms with Crippen LogP contribution in [0.4, 0.5) is 5.69 Å². The summed E-state index contributed by atoms with van der Waals surface area (Å²) in [6.45, 7) is 0. The van der Waals surface area contributed by atoms with E-state index in [9.17, 15) is 0 Å². The van der Waals surface area contributed by atoms with Gasteiger partial charge in [-0.15, -0.1) is 0 Å². The third-order valence-corrected chi connectivity index (χ3v) is 2.73. The van der Waals surface area contributed by atoms with Gasteiger partial charge in [0.15, 0.2) is 5.15 Å². The van der Waals surface area contributed by atoms with Gasteiger partial charge in [0.1, 0.15) is 6.33 Å². The van der Waals surface area contributed by atoms with Gasteiger partial charge in [0.2, 0.25) is 0 Å². The first kappa shape index (κ1) is 8.12. The van der Waals surface area contributed by atoms with Crippen LogP contribution in [0.5, 0.6) is 0 Å². The molecule has 0 unspecified atom stereocenters. The SMILES string of the molecule is Clc1ncn2ccc(NC3CC3)cc12. The summed E-state index contributed by atoms with van der Waals surface area (Å²) in [6.07, 6.45) is 6.24. The smallest absolute Gasteiger partial charge is 0.154 e. The van der Waals surface area contributed by atoms with E-state index in [-0.39, 0.29) is 0 Å². The Labute approximate surface area is 86.7 Å². The molecule has 72 valence electrons. The molecule has 1 N–H and O–H groups in total. The molecule has 3 nitrogen and oxygen atoms in total. The van der Waals surface area contributed by atoms with Gasteiger partial charge < -0.3 is 9.72 Å². The molecule has 0 aliphatic heterocycles. The Kier molecular flexibility index (Phi) is 1.67. The third kappa shape index (κ3) is 1.34. The first-order valence-electron chi connectivity index (χ1n) is 4.72. The molecule has 2 aromatic rings. The lowest BCUT2D eigenvalue weighted by molar-refractivity contribution is 1.13. The average Bonchev–Trinajstić information content (AvgIpc) is 2.92. The van der Waals surface area contributed by atoms with Gasteiger partial charge in [-0.25, -0.2) is 4.98 Å². The van der Waals surface area contributed by atoms with E-state index in [1.807, 2.05) is 22.7 Å². The molecule has 2 aromatic heterocycles.